The second-order valence-electron chi connectivity index (χ2n) is 4.81. The van der Waals surface area contributed by atoms with Crippen LogP contribution >= 0.6 is 11.8 Å². The van der Waals surface area contributed by atoms with E-state index in [0.29, 0.717) is 11.2 Å². The van der Waals surface area contributed by atoms with Crippen molar-refractivity contribution in [3.63, 3.8) is 0 Å². The van der Waals surface area contributed by atoms with E-state index in [4.69, 9.17) is 0 Å². The molecule has 2 rings (SSSR count). The van der Waals surface area contributed by atoms with Crippen LogP contribution in [-0.2, 0) is 4.79 Å². The van der Waals surface area contributed by atoms with Gasteiger partial charge in [0.15, 0.2) is 0 Å². The van der Waals surface area contributed by atoms with Gasteiger partial charge in [-0.2, -0.15) is 0 Å². The summed E-state index contributed by atoms with van der Waals surface area (Å²) in [5.74, 6) is 0.867. The monoisotopic (exact) mass is 268 g/mol. The van der Waals surface area contributed by atoms with Gasteiger partial charge in [0.2, 0.25) is 11.1 Å². The quantitative estimate of drug-likeness (QED) is 0.820. The molecule has 1 atom stereocenters. The number of hydrogen-bond acceptors (Lipinski definition) is 4. The van der Waals surface area contributed by atoms with Crippen molar-refractivity contribution in [2.75, 3.05) is 0 Å². The zero-order valence-electron chi connectivity index (χ0n) is 10.9. The van der Waals surface area contributed by atoms with Crippen LogP contribution in [0, 0.1) is 6.92 Å². The molecule has 1 aromatic heterocycles. The van der Waals surface area contributed by atoms with Gasteiger partial charge in [-0.1, -0.05) is 31.0 Å². The second-order valence-corrected chi connectivity index (χ2v) is 6.11. The average Bonchev–Trinajstić information content (AvgIpc) is 2.76. The normalized spacial score (nSPS) is 18.6. The second kappa shape index (κ2) is 6.22. The first-order valence-electron chi connectivity index (χ1n) is 6.51. The van der Waals surface area contributed by atoms with Gasteiger partial charge in [-0.25, -0.2) is 4.98 Å². The summed E-state index contributed by atoms with van der Waals surface area (Å²) in [7, 11) is 0. The molecule has 0 spiro atoms. The molecule has 100 valence electrons. The number of nitrogens with zero attached hydrogens (tertiary/aromatic N) is 2. The zero-order valence-corrected chi connectivity index (χ0v) is 11.7. The number of aromatic nitrogens is 3. The highest BCUT2D eigenvalue weighted by Gasteiger charge is 2.21. The SMILES string of the molecule is Cc1nc(S[C@H](C)C(=O)NC2CCCCC2)n[nH]1. The molecular formula is C12H20N4OS. The van der Waals surface area contributed by atoms with E-state index in [9.17, 15) is 4.79 Å². The Kier molecular flexibility index (Phi) is 4.63. The molecule has 0 aromatic carbocycles. The highest BCUT2D eigenvalue weighted by atomic mass is 32.2. The number of aromatic amines is 1. The first kappa shape index (κ1) is 13.4. The Morgan fingerprint density at radius 1 is 1.44 bits per heavy atom. The molecule has 0 saturated heterocycles. The smallest absolute Gasteiger partial charge is 0.233 e. The number of carbonyl (C=O) groups excluding carboxylic acids is 1. The number of aryl methyl sites for hydroxylation is 1. The summed E-state index contributed by atoms with van der Waals surface area (Å²) >= 11 is 1.40. The molecule has 0 aliphatic heterocycles. The van der Waals surface area contributed by atoms with Crippen molar-refractivity contribution >= 4 is 17.7 Å². The van der Waals surface area contributed by atoms with Crippen LogP contribution in [0.2, 0.25) is 0 Å². The maximum atomic E-state index is 12.0. The molecule has 0 radical (unpaired) electrons. The number of thioether (sulfide) groups is 1. The van der Waals surface area contributed by atoms with Crippen LogP contribution in [0.4, 0.5) is 0 Å². The number of H-pyrrole nitrogens is 1. The van der Waals surface area contributed by atoms with Crippen LogP contribution in [0.15, 0.2) is 5.16 Å². The third-order valence-electron chi connectivity index (χ3n) is 3.18. The number of carbonyl (C=O) groups is 1. The fraction of sp³-hybridized carbons (Fsp3) is 0.750. The molecule has 0 bridgehead atoms. The van der Waals surface area contributed by atoms with Crippen molar-refractivity contribution in [3.8, 4) is 0 Å². The Hall–Kier alpha value is -1.04. The molecule has 5 nitrogen and oxygen atoms in total. The van der Waals surface area contributed by atoms with Crippen LogP contribution in [0.25, 0.3) is 0 Å². The van der Waals surface area contributed by atoms with E-state index < -0.39 is 0 Å². The van der Waals surface area contributed by atoms with E-state index in [1.165, 1.54) is 31.0 Å². The fourth-order valence-electron chi connectivity index (χ4n) is 2.15. The van der Waals surface area contributed by atoms with Crippen molar-refractivity contribution in [2.45, 2.75) is 62.4 Å². The molecule has 2 N–H and O–H groups in total. The number of hydrogen-bond donors (Lipinski definition) is 2. The molecule has 1 aliphatic rings. The molecule has 1 amide bonds. The van der Waals surface area contributed by atoms with Crippen LogP contribution in [-0.4, -0.2) is 32.4 Å². The summed E-state index contributed by atoms with van der Waals surface area (Å²) in [6.07, 6.45) is 5.98. The van der Waals surface area contributed by atoms with Crippen molar-refractivity contribution < 1.29 is 4.79 Å². The van der Waals surface area contributed by atoms with E-state index in [1.807, 2.05) is 13.8 Å². The van der Waals surface area contributed by atoms with Gasteiger partial charge in [0.1, 0.15) is 5.82 Å². The zero-order chi connectivity index (χ0) is 13.0. The topological polar surface area (TPSA) is 70.7 Å². The minimum absolute atomic E-state index is 0.0920. The minimum atomic E-state index is -0.151. The van der Waals surface area contributed by atoms with Gasteiger partial charge in [-0.3, -0.25) is 9.89 Å². The Morgan fingerprint density at radius 2 is 2.17 bits per heavy atom. The minimum Gasteiger partial charge on any atom is -0.352 e. The molecule has 18 heavy (non-hydrogen) atoms. The summed E-state index contributed by atoms with van der Waals surface area (Å²) in [4.78, 5) is 16.2. The summed E-state index contributed by atoms with van der Waals surface area (Å²) in [6.45, 7) is 3.75. The van der Waals surface area contributed by atoms with E-state index >= 15 is 0 Å². The van der Waals surface area contributed by atoms with Crippen molar-refractivity contribution in [1.82, 2.24) is 20.5 Å². The maximum absolute atomic E-state index is 12.0. The van der Waals surface area contributed by atoms with Crippen LogP contribution < -0.4 is 5.32 Å². The molecule has 1 heterocycles. The molecule has 1 saturated carbocycles. The average molecular weight is 268 g/mol. The highest BCUT2D eigenvalue weighted by molar-refractivity contribution is 8.00. The van der Waals surface area contributed by atoms with Gasteiger partial charge in [0, 0.05) is 6.04 Å². The molecular weight excluding hydrogens is 248 g/mol. The molecule has 1 aliphatic carbocycles. The summed E-state index contributed by atoms with van der Waals surface area (Å²) in [6, 6.07) is 0.364. The first-order valence-corrected chi connectivity index (χ1v) is 7.39. The van der Waals surface area contributed by atoms with Gasteiger partial charge < -0.3 is 5.32 Å². The van der Waals surface area contributed by atoms with Crippen LogP contribution in [0.5, 0.6) is 0 Å². The van der Waals surface area contributed by atoms with Gasteiger partial charge in [-0.05, 0) is 26.7 Å². The predicted molar refractivity (Wildman–Crippen MR) is 71.5 cm³/mol. The molecule has 1 fully saturated rings. The van der Waals surface area contributed by atoms with Crippen LogP contribution in [0.1, 0.15) is 44.9 Å². The number of nitrogens with one attached hydrogen (secondary N) is 2. The third kappa shape index (κ3) is 3.73. The van der Waals surface area contributed by atoms with Crippen molar-refractivity contribution in [3.05, 3.63) is 5.82 Å². The van der Waals surface area contributed by atoms with Crippen LogP contribution in [0.3, 0.4) is 0 Å². The Bertz CT molecular complexity index is 401. The Morgan fingerprint density at radius 3 is 2.78 bits per heavy atom. The first-order chi connectivity index (χ1) is 8.65. The van der Waals surface area contributed by atoms with E-state index in [2.05, 4.69) is 20.5 Å². The van der Waals surface area contributed by atoms with E-state index in [0.717, 1.165) is 18.7 Å². The third-order valence-corrected chi connectivity index (χ3v) is 4.14. The van der Waals surface area contributed by atoms with Gasteiger partial charge >= 0.3 is 0 Å². The van der Waals surface area contributed by atoms with Gasteiger partial charge in [-0.15, -0.1) is 5.10 Å². The summed E-state index contributed by atoms with van der Waals surface area (Å²) < 4.78 is 0. The lowest BCUT2D eigenvalue weighted by molar-refractivity contribution is -0.121. The number of rotatable bonds is 4. The standard InChI is InChI=1S/C12H20N4OS/c1-8(18-12-13-9(2)15-16-12)11(17)14-10-6-4-3-5-7-10/h8,10H,3-7H2,1-2H3,(H,14,17)(H,13,15,16)/t8-/m1/s1. The lowest BCUT2D eigenvalue weighted by Crippen LogP contribution is -2.40. The lowest BCUT2D eigenvalue weighted by atomic mass is 9.95. The maximum Gasteiger partial charge on any atom is 0.233 e. The lowest BCUT2D eigenvalue weighted by Gasteiger charge is -2.24. The van der Waals surface area contributed by atoms with E-state index in [-0.39, 0.29) is 11.2 Å². The largest absolute Gasteiger partial charge is 0.352 e. The van der Waals surface area contributed by atoms with Crippen molar-refractivity contribution in [1.29, 1.82) is 0 Å². The Labute approximate surface area is 112 Å². The molecule has 0 unspecified atom stereocenters. The fourth-order valence-corrected chi connectivity index (χ4v) is 2.93. The summed E-state index contributed by atoms with van der Waals surface area (Å²) in [5, 5.41) is 10.4. The highest BCUT2D eigenvalue weighted by Crippen LogP contribution is 2.21. The van der Waals surface area contributed by atoms with Gasteiger partial charge in [0.05, 0.1) is 5.25 Å². The predicted octanol–water partition coefficient (Wildman–Crippen LogP) is 2.04. The molecule has 6 heteroatoms. The van der Waals surface area contributed by atoms with E-state index in [1.54, 1.807) is 0 Å². The van der Waals surface area contributed by atoms with Gasteiger partial charge in [0.25, 0.3) is 0 Å². The molecule has 1 aromatic rings. The number of amides is 1. The van der Waals surface area contributed by atoms with Crippen molar-refractivity contribution in [2.24, 2.45) is 0 Å². The Balaban J connectivity index is 1.80. The summed E-state index contributed by atoms with van der Waals surface area (Å²) in [5.41, 5.74) is 0.